The molecule has 0 bridgehead atoms. The molecule has 0 spiro atoms. The van der Waals surface area contributed by atoms with Gasteiger partial charge in [0.25, 0.3) is 0 Å². The molecule has 1 aromatic heterocycles. The minimum absolute atomic E-state index is 0.240. The molecule has 1 heterocycles. The van der Waals surface area contributed by atoms with Crippen LogP contribution in [0.1, 0.15) is 11.1 Å². The van der Waals surface area contributed by atoms with Crippen molar-refractivity contribution < 1.29 is 8.78 Å². The molecule has 0 fully saturated rings. The number of aryl methyl sites for hydroxylation is 1. The van der Waals surface area contributed by atoms with Crippen LogP contribution in [-0.4, -0.2) is 14.8 Å². The Morgan fingerprint density at radius 1 is 0.893 bits per heavy atom. The Labute approximate surface area is 166 Å². The van der Waals surface area contributed by atoms with Crippen molar-refractivity contribution in [3.05, 3.63) is 95.6 Å². The lowest BCUT2D eigenvalue weighted by atomic mass is 10.2. The summed E-state index contributed by atoms with van der Waals surface area (Å²) in [6, 6.07) is 20.8. The van der Waals surface area contributed by atoms with Gasteiger partial charge in [0.2, 0.25) is 0 Å². The number of aromatic nitrogens is 3. The van der Waals surface area contributed by atoms with Crippen LogP contribution < -0.4 is 0 Å². The van der Waals surface area contributed by atoms with E-state index < -0.39 is 0 Å². The van der Waals surface area contributed by atoms with E-state index in [0.717, 1.165) is 16.8 Å². The van der Waals surface area contributed by atoms with Crippen LogP contribution in [0.2, 0.25) is 0 Å². The molecular weight excluding hydrogens is 376 g/mol. The Morgan fingerprint density at radius 2 is 1.68 bits per heavy atom. The molecule has 4 aromatic rings. The molecule has 6 heteroatoms. The largest absolute Gasteiger partial charge is 0.270 e. The van der Waals surface area contributed by atoms with Crippen LogP contribution in [0.25, 0.3) is 17.1 Å². The SMILES string of the molecule is Cc1cccc(-n2c(SCc3ccccc3F)nnc2-c2ccc(F)cc2)c1. The third-order valence-electron chi connectivity index (χ3n) is 4.31. The fourth-order valence-corrected chi connectivity index (χ4v) is 3.85. The molecule has 0 saturated heterocycles. The number of halogens is 2. The third-order valence-corrected chi connectivity index (χ3v) is 5.29. The number of benzene rings is 3. The van der Waals surface area contributed by atoms with Gasteiger partial charge in [0.1, 0.15) is 11.6 Å². The molecule has 3 aromatic carbocycles. The molecule has 0 aliphatic rings. The zero-order valence-electron chi connectivity index (χ0n) is 15.1. The molecule has 140 valence electrons. The van der Waals surface area contributed by atoms with Crippen molar-refractivity contribution in [1.29, 1.82) is 0 Å². The Kier molecular flexibility index (Phi) is 5.21. The topological polar surface area (TPSA) is 30.7 Å². The summed E-state index contributed by atoms with van der Waals surface area (Å²) >= 11 is 1.41. The van der Waals surface area contributed by atoms with E-state index >= 15 is 0 Å². The van der Waals surface area contributed by atoms with E-state index in [1.54, 1.807) is 24.3 Å². The summed E-state index contributed by atoms with van der Waals surface area (Å²) in [7, 11) is 0. The average molecular weight is 393 g/mol. The molecule has 0 amide bonds. The molecule has 3 nitrogen and oxygen atoms in total. The first-order valence-electron chi connectivity index (χ1n) is 8.76. The molecule has 0 saturated carbocycles. The molecule has 0 atom stereocenters. The summed E-state index contributed by atoms with van der Waals surface area (Å²) in [6.07, 6.45) is 0. The molecular formula is C22H17F2N3S. The number of nitrogens with zero attached hydrogens (tertiary/aromatic N) is 3. The van der Waals surface area contributed by atoms with Gasteiger partial charge >= 0.3 is 0 Å². The van der Waals surface area contributed by atoms with Crippen molar-refractivity contribution in [1.82, 2.24) is 14.8 Å². The average Bonchev–Trinajstić information content (AvgIpc) is 3.12. The second kappa shape index (κ2) is 7.94. The van der Waals surface area contributed by atoms with Crippen molar-refractivity contribution in [2.75, 3.05) is 0 Å². The maximum atomic E-state index is 14.0. The van der Waals surface area contributed by atoms with E-state index in [-0.39, 0.29) is 11.6 Å². The van der Waals surface area contributed by atoms with Crippen molar-refractivity contribution in [3.8, 4) is 17.1 Å². The first-order chi connectivity index (χ1) is 13.6. The predicted molar refractivity (Wildman–Crippen MR) is 107 cm³/mol. The summed E-state index contributed by atoms with van der Waals surface area (Å²) in [5.74, 6) is 0.497. The normalized spacial score (nSPS) is 11.0. The molecule has 4 rings (SSSR count). The van der Waals surface area contributed by atoms with Crippen LogP contribution in [0.15, 0.2) is 78.0 Å². The van der Waals surface area contributed by atoms with E-state index in [9.17, 15) is 8.78 Å². The fourth-order valence-electron chi connectivity index (χ4n) is 2.91. The summed E-state index contributed by atoms with van der Waals surface area (Å²) in [5.41, 5.74) is 3.37. The highest BCUT2D eigenvalue weighted by Gasteiger charge is 2.17. The van der Waals surface area contributed by atoms with Crippen molar-refractivity contribution in [3.63, 3.8) is 0 Å². The smallest absolute Gasteiger partial charge is 0.196 e. The van der Waals surface area contributed by atoms with Gasteiger partial charge in [-0.15, -0.1) is 10.2 Å². The number of thioether (sulfide) groups is 1. The van der Waals surface area contributed by atoms with E-state index in [0.29, 0.717) is 22.3 Å². The van der Waals surface area contributed by atoms with Gasteiger partial charge in [0.05, 0.1) is 0 Å². The third kappa shape index (κ3) is 3.82. The Morgan fingerprint density at radius 3 is 2.43 bits per heavy atom. The van der Waals surface area contributed by atoms with Crippen LogP contribution >= 0.6 is 11.8 Å². The molecule has 0 N–H and O–H groups in total. The highest BCUT2D eigenvalue weighted by molar-refractivity contribution is 7.98. The second-order valence-corrected chi connectivity index (χ2v) is 7.31. The van der Waals surface area contributed by atoms with Crippen LogP contribution in [0, 0.1) is 18.6 Å². The van der Waals surface area contributed by atoms with Gasteiger partial charge in [-0.2, -0.15) is 0 Å². The van der Waals surface area contributed by atoms with Gasteiger partial charge in [-0.1, -0.05) is 42.1 Å². The molecule has 28 heavy (non-hydrogen) atoms. The monoisotopic (exact) mass is 393 g/mol. The van der Waals surface area contributed by atoms with Gasteiger partial charge in [-0.05, 0) is 60.5 Å². The van der Waals surface area contributed by atoms with Gasteiger partial charge in [-0.25, -0.2) is 8.78 Å². The molecule has 0 unspecified atom stereocenters. The molecule has 0 radical (unpaired) electrons. The van der Waals surface area contributed by atoms with Gasteiger partial charge in [0, 0.05) is 17.0 Å². The van der Waals surface area contributed by atoms with Crippen LogP contribution in [-0.2, 0) is 5.75 Å². The highest BCUT2D eigenvalue weighted by Crippen LogP contribution is 2.30. The van der Waals surface area contributed by atoms with Crippen molar-refractivity contribution in [2.24, 2.45) is 0 Å². The quantitative estimate of drug-likeness (QED) is 0.401. The van der Waals surface area contributed by atoms with E-state index in [4.69, 9.17) is 0 Å². The zero-order valence-corrected chi connectivity index (χ0v) is 16.0. The van der Waals surface area contributed by atoms with Gasteiger partial charge in [0.15, 0.2) is 11.0 Å². The number of hydrogen-bond acceptors (Lipinski definition) is 3. The lowest BCUT2D eigenvalue weighted by Gasteiger charge is -2.11. The molecule has 0 aliphatic carbocycles. The number of hydrogen-bond donors (Lipinski definition) is 0. The van der Waals surface area contributed by atoms with Gasteiger partial charge in [-0.3, -0.25) is 4.57 Å². The van der Waals surface area contributed by atoms with Crippen LogP contribution in [0.3, 0.4) is 0 Å². The summed E-state index contributed by atoms with van der Waals surface area (Å²) in [4.78, 5) is 0. The summed E-state index contributed by atoms with van der Waals surface area (Å²) in [5, 5.41) is 9.30. The molecule has 0 aliphatic heterocycles. The van der Waals surface area contributed by atoms with Crippen molar-refractivity contribution in [2.45, 2.75) is 17.8 Å². The summed E-state index contributed by atoms with van der Waals surface area (Å²) < 4.78 is 29.3. The van der Waals surface area contributed by atoms with Crippen LogP contribution in [0.4, 0.5) is 8.78 Å². The maximum absolute atomic E-state index is 14.0. The van der Waals surface area contributed by atoms with Crippen molar-refractivity contribution >= 4 is 11.8 Å². The fraction of sp³-hybridized carbons (Fsp3) is 0.0909. The zero-order chi connectivity index (χ0) is 19.5. The first-order valence-corrected chi connectivity index (χ1v) is 9.75. The Bertz CT molecular complexity index is 1110. The Balaban J connectivity index is 1.76. The summed E-state index contributed by atoms with van der Waals surface area (Å²) in [6.45, 7) is 2.01. The highest BCUT2D eigenvalue weighted by atomic mass is 32.2. The predicted octanol–water partition coefficient (Wildman–Crippen LogP) is 5.81. The maximum Gasteiger partial charge on any atom is 0.196 e. The second-order valence-electron chi connectivity index (χ2n) is 6.37. The van der Waals surface area contributed by atoms with E-state index in [1.807, 2.05) is 41.8 Å². The lowest BCUT2D eigenvalue weighted by molar-refractivity contribution is 0.617. The van der Waals surface area contributed by atoms with Gasteiger partial charge < -0.3 is 0 Å². The van der Waals surface area contributed by atoms with E-state index in [2.05, 4.69) is 10.2 Å². The van der Waals surface area contributed by atoms with Crippen LogP contribution in [0.5, 0.6) is 0 Å². The van der Waals surface area contributed by atoms with E-state index in [1.165, 1.54) is 30.0 Å². The Hall–Kier alpha value is -2.99. The standard InChI is InChI=1S/C22H17F2N3S/c1-15-5-4-7-19(13-15)27-21(16-9-11-18(23)12-10-16)25-26-22(27)28-14-17-6-2-3-8-20(17)24/h2-13H,14H2,1H3. The first kappa shape index (κ1) is 18.4. The minimum Gasteiger partial charge on any atom is -0.270 e. The minimum atomic E-state index is -0.306. The number of rotatable bonds is 5. The lowest BCUT2D eigenvalue weighted by Crippen LogP contribution is -2.00.